The first-order valence-corrected chi connectivity index (χ1v) is 11.0. The fourth-order valence-corrected chi connectivity index (χ4v) is 3.62. The zero-order valence-electron chi connectivity index (χ0n) is 18.3. The average Bonchev–Trinajstić information content (AvgIpc) is 2.69. The Hall–Kier alpha value is -0.980. The Kier molecular flexibility index (Phi) is 11.8. The van der Waals surface area contributed by atoms with Crippen molar-refractivity contribution in [3.05, 3.63) is 0 Å². The van der Waals surface area contributed by atoms with Crippen molar-refractivity contribution >= 4 is 11.7 Å². The minimum Gasteiger partial charge on any atom is -0.339 e. The molecule has 2 rings (SSSR count). The summed E-state index contributed by atoms with van der Waals surface area (Å²) >= 11 is 0. The van der Waals surface area contributed by atoms with Crippen LogP contribution < -0.4 is 5.32 Å². The Morgan fingerprint density at radius 1 is 1.00 bits per heavy atom. The minimum absolute atomic E-state index is 0. The molecule has 6 nitrogen and oxygen atoms in total. The normalized spacial score (nSPS) is 19.7. The van der Waals surface area contributed by atoms with Gasteiger partial charge < -0.3 is 10.2 Å². The third kappa shape index (κ3) is 8.71. The topological polar surface area (TPSA) is 55.9 Å². The number of ketones is 1. The van der Waals surface area contributed by atoms with Crippen LogP contribution >= 0.6 is 0 Å². The number of piperidine rings is 1. The number of Topliss-reactive ketones (excluding diaryl/α,β-unsaturated/α-hetero) is 1. The lowest BCUT2D eigenvalue weighted by Gasteiger charge is -2.39. The fraction of sp³-hybridized carbons (Fsp3) is 0.905. The van der Waals surface area contributed by atoms with Crippen LogP contribution in [0.1, 0.15) is 48.9 Å². The fourth-order valence-electron chi connectivity index (χ4n) is 3.62. The molecule has 1 amide bonds. The van der Waals surface area contributed by atoms with Gasteiger partial charge in [-0.25, -0.2) is 0 Å². The van der Waals surface area contributed by atoms with Crippen LogP contribution in [0.4, 0.5) is 0 Å². The highest BCUT2D eigenvalue weighted by molar-refractivity contribution is 5.82. The standard InChI is InChI=1S/C19H36N4O2.C2H6.H2/c1-4-20-13-19(25)23-11-9-22(10-12-23)14-17-5-7-21(8-6-17)15-18(24)16(2)3;1-2;/h16-17,20H,4-15H2,1-3H3;1-2H3;1H. The lowest BCUT2D eigenvalue weighted by Crippen LogP contribution is -2.52. The van der Waals surface area contributed by atoms with Gasteiger partial charge in [-0.15, -0.1) is 0 Å². The summed E-state index contributed by atoms with van der Waals surface area (Å²) in [5, 5.41) is 3.11. The van der Waals surface area contributed by atoms with Gasteiger partial charge in [-0.2, -0.15) is 0 Å². The average molecular weight is 385 g/mol. The number of carbonyl (C=O) groups excluding carboxylic acids is 2. The molecule has 0 radical (unpaired) electrons. The van der Waals surface area contributed by atoms with Gasteiger partial charge in [0.2, 0.25) is 5.91 Å². The highest BCUT2D eigenvalue weighted by Crippen LogP contribution is 2.19. The van der Waals surface area contributed by atoms with E-state index >= 15 is 0 Å². The van der Waals surface area contributed by atoms with Crippen LogP contribution in [-0.4, -0.2) is 91.8 Å². The first kappa shape index (κ1) is 24.1. The molecule has 1 N–H and O–H groups in total. The van der Waals surface area contributed by atoms with Gasteiger partial charge >= 0.3 is 0 Å². The predicted molar refractivity (Wildman–Crippen MR) is 114 cm³/mol. The molecule has 0 aromatic carbocycles. The summed E-state index contributed by atoms with van der Waals surface area (Å²) in [6, 6.07) is 0. The van der Waals surface area contributed by atoms with Crippen LogP contribution in [0.3, 0.4) is 0 Å². The highest BCUT2D eigenvalue weighted by atomic mass is 16.2. The van der Waals surface area contributed by atoms with E-state index in [4.69, 9.17) is 0 Å². The summed E-state index contributed by atoms with van der Waals surface area (Å²) in [5.41, 5.74) is 0. The van der Waals surface area contributed by atoms with Crippen molar-refractivity contribution < 1.29 is 11.0 Å². The summed E-state index contributed by atoms with van der Waals surface area (Å²) < 4.78 is 0. The van der Waals surface area contributed by atoms with Gasteiger partial charge in [0.05, 0.1) is 13.1 Å². The summed E-state index contributed by atoms with van der Waals surface area (Å²) in [5.74, 6) is 1.46. The van der Waals surface area contributed by atoms with Crippen LogP contribution in [0, 0.1) is 11.8 Å². The van der Waals surface area contributed by atoms with Crippen molar-refractivity contribution in [1.29, 1.82) is 0 Å². The molecule has 0 aromatic heterocycles. The van der Waals surface area contributed by atoms with Crippen LogP contribution in [0.15, 0.2) is 0 Å². The Labute approximate surface area is 168 Å². The smallest absolute Gasteiger partial charge is 0.236 e. The number of nitrogens with zero attached hydrogens (tertiary/aromatic N) is 3. The number of carbonyl (C=O) groups is 2. The molecular weight excluding hydrogens is 340 g/mol. The Balaban J connectivity index is 0.00000235. The maximum atomic E-state index is 12.0. The van der Waals surface area contributed by atoms with E-state index in [1.807, 2.05) is 39.5 Å². The molecule has 2 heterocycles. The summed E-state index contributed by atoms with van der Waals surface area (Å²) in [4.78, 5) is 30.7. The van der Waals surface area contributed by atoms with Crippen LogP contribution in [0.25, 0.3) is 0 Å². The van der Waals surface area contributed by atoms with Crippen LogP contribution in [0.5, 0.6) is 0 Å². The number of nitrogens with one attached hydrogen (secondary N) is 1. The third-order valence-electron chi connectivity index (χ3n) is 5.50. The Bertz CT molecular complexity index is 432. The molecule has 0 saturated carbocycles. The molecule has 2 saturated heterocycles. The number of piperazine rings is 1. The van der Waals surface area contributed by atoms with Crippen molar-refractivity contribution in [3.63, 3.8) is 0 Å². The first-order valence-electron chi connectivity index (χ1n) is 11.0. The van der Waals surface area contributed by atoms with Gasteiger partial charge in [-0.3, -0.25) is 19.4 Å². The third-order valence-corrected chi connectivity index (χ3v) is 5.50. The quantitative estimate of drug-likeness (QED) is 0.693. The molecule has 0 aliphatic carbocycles. The molecule has 160 valence electrons. The van der Waals surface area contributed by atoms with Gasteiger partial charge in [-0.05, 0) is 38.4 Å². The minimum atomic E-state index is 0. The van der Waals surface area contributed by atoms with Crippen molar-refractivity contribution in [3.8, 4) is 0 Å². The van der Waals surface area contributed by atoms with Gasteiger partial charge in [0, 0.05) is 40.1 Å². The molecule has 0 spiro atoms. The van der Waals surface area contributed by atoms with E-state index in [-0.39, 0.29) is 13.3 Å². The lowest BCUT2D eigenvalue weighted by atomic mass is 9.95. The maximum Gasteiger partial charge on any atom is 0.236 e. The monoisotopic (exact) mass is 384 g/mol. The van der Waals surface area contributed by atoms with E-state index in [1.54, 1.807) is 0 Å². The molecule has 27 heavy (non-hydrogen) atoms. The largest absolute Gasteiger partial charge is 0.339 e. The molecular formula is C21H44N4O2. The van der Waals surface area contributed by atoms with Crippen LogP contribution in [-0.2, 0) is 9.59 Å². The highest BCUT2D eigenvalue weighted by Gasteiger charge is 2.26. The van der Waals surface area contributed by atoms with E-state index in [1.165, 1.54) is 12.8 Å². The second-order valence-corrected chi connectivity index (χ2v) is 7.80. The second-order valence-electron chi connectivity index (χ2n) is 7.80. The molecule has 2 aliphatic heterocycles. The molecule has 2 aliphatic rings. The summed E-state index contributed by atoms with van der Waals surface area (Å²) in [6.07, 6.45) is 2.37. The van der Waals surface area contributed by atoms with Crippen molar-refractivity contribution in [2.24, 2.45) is 11.8 Å². The maximum absolute atomic E-state index is 12.0. The van der Waals surface area contributed by atoms with Crippen molar-refractivity contribution in [2.45, 2.75) is 47.5 Å². The van der Waals surface area contributed by atoms with Gasteiger partial charge in [0.15, 0.2) is 0 Å². The molecule has 0 unspecified atom stereocenters. The number of rotatable bonds is 8. The van der Waals surface area contributed by atoms with Gasteiger partial charge in [0.1, 0.15) is 5.78 Å². The van der Waals surface area contributed by atoms with E-state index in [0.717, 1.165) is 58.3 Å². The van der Waals surface area contributed by atoms with Crippen molar-refractivity contribution in [1.82, 2.24) is 20.0 Å². The number of hydrogen-bond donors (Lipinski definition) is 1. The van der Waals surface area contributed by atoms with E-state index in [2.05, 4.69) is 15.1 Å². The van der Waals surface area contributed by atoms with Gasteiger partial charge in [-0.1, -0.05) is 34.6 Å². The summed E-state index contributed by atoms with van der Waals surface area (Å²) in [6.45, 7) is 18.8. The first-order chi connectivity index (χ1) is 13.0. The predicted octanol–water partition coefficient (Wildman–Crippen LogP) is 1.95. The SMILES string of the molecule is CC.CCNCC(=O)N1CCN(CC2CCN(CC(=O)C(C)C)CC2)CC1.[HH]. The molecule has 0 atom stereocenters. The molecule has 0 aromatic rings. The van der Waals surface area contributed by atoms with E-state index in [0.29, 0.717) is 18.9 Å². The Morgan fingerprint density at radius 2 is 1.59 bits per heavy atom. The van der Waals surface area contributed by atoms with E-state index < -0.39 is 0 Å². The molecule has 6 heteroatoms. The number of hydrogen-bond acceptors (Lipinski definition) is 5. The van der Waals surface area contributed by atoms with Crippen LogP contribution in [0.2, 0.25) is 0 Å². The van der Waals surface area contributed by atoms with E-state index in [9.17, 15) is 9.59 Å². The zero-order chi connectivity index (χ0) is 20.2. The molecule has 2 fully saturated rings. The molecule has 0 bridgehead atoms. The number of amides is 1. The lowest BCUT2D eigenvalue weighted by molar-refractivity contribution is -0.132. The van der Waals surface area contributed by atoms with Gasteiger partial charge in [0.25, 0.3) is 0 Å². The number of likely N-dealkylation sites (N-methyl/N-ethyl adjacent to an activating group) is 1. The zero-order valence-corrected chi connectivity index (χ0v) is 18.3. The van der Waals surface area contributed by atoms with Crippen molar-refractivity contribution in [2.75, 3.05) is 65.4 Å². The number of likely N-dealkylation sites (tertiary alicyclic amines) is 1. The second kappa shape index (κ2) is 13.2. The Morgan fingerprint density at radius 3 is 2.11 bits per heavy atom. The summed E-state index contributed by atoms with van der Waals surface area (Å²) in [7, 11) is 0.